The summed E-state index contributed by atoms with van der Waals surface area (Å²) in [6.07, 6.45) is 0.938. The molecule has 1 aromatic carbocycles. The van der Waals surface area contributed by atoms with Crippen molar-refractivity contribution in [2.24, 2.45) is 5.92 Å². The third kappa shape index (κ3) is 4.31. The average Bonchev–Trinajstić information content (AvgIpc) is 2.54. The summed E-state index contributed by atoms with van der Waals surface area (Å²) in [6.45, 7) is 2.82. The average molecular weight is 318 g/mol. The van der Waals surface area contributed by atoms with Crippen LogP contribution in [0.4, 0.5) is 0 Å². The Labute approximate surface area is 135 Å². The predicted molar refractivity (Wildman–Crippen MR) is 85.1 cm³/mol. The van der Waals surface area contributed by atoms with Gasteiger partial charge in [-0.3, -0.25) is 14.4 Å². The zero-order valence-corrected chi connectivity index (χ0v) is 13.5. The number of carboxylic acid groups (broad SMARTS) is 1. The number of likely N-dealkylation sites (N-methyl/N-ethyl adjacent to an activating group) is 1. The molecule has 0 aromatic heterocycles. The van der Waals surface area contributed by atoms with Gasteiger partial charge in [-0.1, -0.05) is 17.7 Å². The first kappa shape index (κ1) is 17.0. The van der Waals surface area contributed by atoms with Crippen LogP contribution in [0.1, 0.15) is 28.8 Å². The van der Waals surface area contributed by atoms with Gasteiger partial charge in [0, 0.05) is 25.7 Å². The number of piperidine rings is 1. The van der Waals surface area contributed by atoms with Crippen LogP contribution in [-0.4, -0.2) is 59.4 Å². The van der Waals surface area contributed by atoms with Gasteiger partial charge in [-0.2, -0.15) is 0 Å². The van der Waals surface area contributed by atoms with E-state index in [2.05, 4.69) is 0 Å². The second-order valence-electron chi connectivity index (χ2n) is 6.02. The SMILES string of the molecule is Cc1ccc(C(=O)N(C)CC(=O)N2CCC(C(=O)O)CC2)cc1. The Bertz CT molecular complexity index is 589. The molecule has 0 spiro atoms. The molecular formula is C17H22N2O4. The Morgan fingerprint density at radius 2 is 1.74 bits per heavy atom. The van der Waals surface area contributed by atoms with Gasteiger partial charge in [0.15, 0.2) is 0 Å². The fraction of sp³-hybridized carbons (Fsp3) is 0.471. The molecule has 1 aliphatic heterocycles. The van der Waals surface area contributed by atoms with E-state index in [1.165, 1.54) is 4.90 Å². The van der Waals surface area contributed by atoms with Gasteiger partial charge in [-0.15, -0.1) is 0 Å². The van der Waals surface area contributed by atoms with Crippen LogP contribution >= 0.6 is 0 Å². The van der Waals surface area contributed by atoms with E-state index in [4.69, 9.17) is 5.11 Å². The molecule has 1 fully saturated rings. The minimum Gasteiger partial charge on any atom is -0.481 e. The summed E-state index contributed by atoms with van der Waals surface area (Å²) < 4.78 is 0. The minimum absolute atomic E-state index is 0.00441. The van der Waals surface area contributed by atoms with Crippen molar-refractivity contribution >= 4 is 17.8 Å². The number of aryl methyl sites for hydroxylation is 1. The largest absolute Gasteiger partial charge is 0.481 e. The van der Waals surface area contributed by atoms with E-state index in [0.717, 1.165) is 5.56 Å². The van der Waals surface area contributed by atoms with Crippen molar-refractivity contribution in [3.63, 3.8) is 0 Å². The molecule has 2 rings (SSSR count). The smallest absolute Gasteiger partial charge is 0.306 e. The van der Waals surface area contributed by atoms with E-state index in [-0.39, 0.29) is 24.3 Å². The number of rotatable bonds is 4. The molecule has 0 saturated carbocycles. The molecule has 1 saturated heterocycles. The maximum Gasteiger partial charge on any atom is 0.306 e. The van der Waals surface area contributed by atoms with Gasteiger partial charge in [-0.25, -0.2) is 0 Å². The van der Waals surface area contributed by atoms with E-state index in [0.29, 0.717) is 31.5 Å². The fourth-order valence-corrected chi connectivity index (χ4v) is 2.67. The van der Waals surface area contributed by atoms with Crippen molar-refractivity contribution in [1.82, 2.24) is 9.80 Å². The summed E-state index contributed by atoms with van der Waals surface area (Å²) in [6, 6.07) is 7.22. The first-order chi connectivity index (χ1) is 10.9. The third-order valence-corrected chi connectivity index (χ3v) is 4.21. The number of hydrogen-bond acceptors (Lipinski definition) is 3. The maximum atomic E-state index is 12.3. The standard InChI is InChI=1S/C17H22N2O4/c1-12-3-5-13(6-4-12)16(21)18(2)11-15(20)19-9-7-14(8-10-19)17(22)23/h3-6,14H,7-11H2,1-2H3,(H,22,23). The van der Waals surface area contributed by atoms with Crippen LogP contribution in [0.2, 0.25) is 0 Å². The Balaban J connectivity index is 1.88. The van der Waals surface area contributed by atoms with Gasteiger partial charge < -0.3 is 14.9 Å². The molecule has 2 amide bonds. The lowest BCUT2D eigenvalue weighted by Crippen LogP contribution is -2.45. The fourth-order valence-electron chi connectivity index (χ4n) is 2.67. The Morgan fingerprint density at radius 1 is 1.17 bits per heavy atom. The van der Waals surface area contributed by atoms with Crippen molar-refractivity contribution in [2.45, 2.75) is 19.8 Å². The number of carbonyl (C=O) groups is 3. The number of nitrogens with zero attached hydrogens (tertiary/aromatic N) is 2. The maximum absolute atomic E-state index is 12.3. The second kappa shape index (κ2) is 7.26. The summed E-state index contributed by atoms with van der Waals surface area (Å²) in [5.41, 5.74) is 1.62. The predicted octanol–water partition coefficient (Wildman–Crippen LogP) is 1.39. The van der Waals surface area contributed by atoms with Crippen molar-refractivity contribution < 1.29 is 19.5 Å². The van der Waals surface area contributed by atoms with Crippen molar-refractivity contribution in [3.8, 4) is 0 Å². The van der Waals surface area contributed by atoms with Crippen LogP contribution < -0.4 is 0 Å². The summed E-state index contributed by atoms with van der Waals surface area (Å²) in [5.74, 6) is -1.51. The number of hydrogen-bond donors (Lipinski definition) is 1. The van der Waals surface area contributed by atoms with Gasteiger partial charge >= 0.3 is 5.97 Å². The van der Waals surface area contributed by atoms with Crippen LogP contribution in [0, 0.1) is 12.8 Å². The molecule has 1 aliphatic rings. The minimum atomic E-state index is -0.802. The lowest BCUT2D eigenvalue weighted by Gasteiger charge is -2.31. The zero-order valence-electron chi connectivity index (χ0n) is 13.5. The van der Waals surface area contributed by atoms with E-state index < -0.39 is 5.97 Å². The van der Waals surface area contributed by atoms with Gasteiger partial charge in [0.25, 0.3) is 5.91 Å². The zero-order chi connectivity index (χ0) is 17.0. The molecule has 0 bridgehead atoms. The first-order valence-corrected chi connectivity index (χ1v) is 7.71. The van der Waals surface area contributed by atoms with Crippen LogP contribution in [0.5, 0.6) is 0 Å². The molecule has 124 valence electrons. The highest BCUT2D eigenvalue weighted by molar-refractivity contribution is 5.96. The molecule has 1 heterocycles. The molecule has 23 heavy (non-hydrogen) atoms. The Kier molecular flexibility index (Phi) is 5.36. The van der Waals surface area contributed by atoms with E-state index in [1.807, 2.05) is 19.1 Å². The summed E-state index contributed by atoms with van der Waals surface area (Å²) in [4.78, 5) is 38.5. The monoisotopic (exact) mass is 318 g/mol. The molecule has 1 N–H and O–H groups in total. The second-order valence-corrected chi connectivity index (χ2v) is 6.02. The first-order valence-electron chi connectivity index (χ1n) is 7.71. The molecule has 6 nitrogen and oxygen atoms in total. The summed E-state index contributed by atoms with van der Waals surface area (Å²) >= 11 is 0. The number of carboxylic acids is 1. The third-order valence-electron chi connectivity index (χ3n) is 4.21. The lowest BCUT2D eigenvalue weighted by atomic mass is 9.97. The van der Waals surface area contributed by atoms with E-state index in [1.54, 1.807) is 24.1 Å². The highest BCUT2D eigenvalue weighted by Crippen LogP contribution is 2.17. The number of carbonyl (C=O) groups excluding carboxylic acids is 2. The number of benzene rings is 1. The van der Waals surface area contributed by atoms with Crippen LogP contribution in [0.15, 0.2) is 24.3 Å². The van der Waals surface area contributed by atoms with E-state index >= 15 is 0 Å². The van der Waals surface area contributed by atoms with Crippen LogP contribution in [0.3, 0.4) is 0 Å². The molecule has 0 radical (unpaired) electrons. The molecule has 0 aliphatic carbocycles. The summed E-state index contributed by atoms with van der Waals surface area (Å²) in [7, 11) is 1.60. The van der Waals surface area contributed by atoms with Crippen LogP contribution in [0.25, 0.3) is 0 Å². The van der Waals surface area contributed by atoms with Crippen molar-refractivity contribution in [1.29, 1.82) is 0 Å². The number of amides is 2. The highest BCUT2D eigenvalue weighted by atomic mass is 16.4. The molecule has 0 atom stereocenters. The van der Waals surface area contributed by atoms with E-state index in [9.17, 15) is 14.4 Å². The molecule has 6 heteroatoms. The number of aliphatic carboxylic acids is 1. The van der Waals surface area contributed by atoms with Gasteiger partial charge in [0.1, 0.15) is 0 Å². The van der Waals surface area contributed by atoms with Crippen LogP contribution in [-0.2, 0) is 9.59 Å². The van der Waals surface area contributed by atoms with Crippen molar-refractivity contribution in [3.05, 3.63) is 35.4 Å². The lowest BCUT2D eigenvalue weighted by molar-refractivity contribution is -0.145. The van der Waals surface area contributed by atoms with Gasteiger partial charge in [0.05, 0.1) is 12.5 Å². The number of likely N-dealkylation sites (tertiary alicyclic amines) is 1. The topological polar surface area (TPSA) is 77.9 Å². The quantitative estimate of drug-likeness (QED) is 0.910. The normalized spacial score (nSPS) is 15.3. The Hall–Kier alpha value is -2.37. The van der Waals surface area contributed by atoms with Gasteiger partial charge in [0.2, 0.25) is 5.91 Å². The summed E-state index contributed by atoms with van der Waals surface area (Å²) in [5, 5.41) is 8.97. The van der Waals surface area contributed by atoms with Crippen molar-refractivity contribution in [2.75, 3.05) is 26.7 Å². The van der Waals surface area contributed by atoms with Gasteiger partial charge in [-0.05, 0) is 31.9 Å². The molecule has 1 aromatic rings. The highest BCUT2D eigenvalue weighted by Gasteiger charge is 2.27. The Morgan fingerprint density at radius 3 is 2.26 bits per heavy atom. The molecule has 0 unspecified atom stereocenters. The molecular weight excluding hydrogens is 296 g/mol.